The van der Waals surface area contributed by atoms with Crippen LogP contribution in [0.3, 0.4) is 0 Å². The van der Waals surface area contributed by atoms with Crippen molar-refractivity contribution in [1.82, 2.24) is 0 Å². The lowest BCUT2D eigenvalue weighted by atomic mass is 9.69. The summed E-state index contributed by atoms with van der Waals surface area (Å²) in [6.07, 6.45) is 10.5. The highest BCUT2D eigenvalue weighted by atomic mass is 16.6. The van der Waals surface area contributed by atoms with Crippen LogP contribution in [0.4, 0.5) is 0 Å². The molecule has 32 heavy (non-hydrogen) atoms. The monoisotopic (exact) mass is 430 g/mol. The van der Waals surface area contributed by atoms with Crippen molar-refractivity contribution in [2.24, 2.45) is 0 Å². The third-order valence-electron chi connectivity index (χ3n) is 6.82. The summed E-state index contributed by atoms with van der Waals surface area (Å²) in [7, 11) is 0. The average molecular weight is 431 g/mol. The Bertz CT molecular complexity index is 982. The van der Waals surface area contributed by atoms with Crippen LogP contribution in [0.25, 0.3) is 11.6 Å². The molecule has 1 atom stereocenters. The van der Waals surface area contributed by atoms with Gasteiger partial charge in [-0.05, 0) is 79.5 Å². The van der Waals surface area contributed by atoms with E-state index in [1.54, 1.807) is 0 Å². The molecule has 0 saturated carbocycles. The molecule has 0 spiro atoms. The van der Waals surface area contributed by atoms with Crippen LogP contribution in [-0.4, -0.2) is 12.2 Å². The van der Waals surface area contributed by atoms with Gasteiger partial charge >= 0.3 is 0 Å². The summed E-state index contributed by atoms with van der Waals surface area (Å²) >= 11 is 0. The molecule has 1 unspecified atom stereocenters. The molecule has 1 aliphatic heterocycles. The molecule has 0 bridgehead atoms. The van der Waals surface area contributed by atoms with Crippen LogP contribution in [0.1, 0.15) is 87.8 Å². The normalized spacial score (nSPS) is 18.3. The second-order valence-electron chi connectivity index (χ2n) is 8.91. The summed E-state index contributed by atoms with van der Waals surface area (Å²) in [4.78, 5) is 0. The van der Waals surface area contributed by atoms with Gasteiger partial charge in [0.1, 0.15) is 5.60 Å². The molecule has 2 aromatic carbocycles. The topological polar surface area (TPSA) is 12.5 Å². The van der Waals surface area contributed by atoms with Crippen molar-refractivity contribution in [3.63, 3.8) is 0 Å². The van der Waals surface area contributed by atoms with Gasteiger partial charge in [0.2, 0.25) is 0 Å². The maximum absolute atomic E-state index is 5.48. The summed E-state index contributed by atoms with van der Waals surface area (Å²) in [6.45, 7) is 22.0. The Morgan fingerprint density at radius 1 is 1.03 bits per heavy atom. The summed E-state index contributed by atoms with van der Waals surface area (Å²) in [5.74, 6) is 0. The first-order chi connectivity index (χ1) is 15.3. The molecule has 0 radical (unpaired) electrons. The van der Waals surface area contributed by atoms with Crippen molar-refractivity contribution < 1.29 is 4.74 Å². The molecule has 1 saturated heterocycles. The molecule has 0 aromatic heterocycles. The van der Waals surface area contributed by atoms with Crippen molar-refractivity contribution >= 4 is 11.6 Å². The van der Waals surface area contributed by atoms with Gasteiger partial charge in [-0.2, -0.15) is 0 Å². The summed E-state index contributed by atoms with van der Waals surface area (Å²) in [6, 6.07) is 14.0. The molecule has 2 aromatic rings. The fraction of sp³-hybridized carbons (Fsp3) is 0.419. The lowest BCUT2D eigenvalue weighted by Gasteiger charge is -2.34. The van der Waals surface area contributed by atoms with Gasteiger partial charge in [-0.1, -0.05) is 95.0 Å². The van der Waals surface area contributed by atoms with Crippen LogP contribution in [0.2, 0.25) is 0 Å². The summed E-state index contributed by atoms with van der Waals surface area (Å²) < 4.78 is 5.48. The van der Waals surface area contributed by atoms with E-state index in [4.69, 9.17) is 4.74 Å². The number of allylic oxidation sites excluding steroid dienone is 3. The van der Waals surface area contributed by atoms with Crippen LogP contribution in [-0.2, 0) is 10.2 Å². The first-order valence-electron chi connectivity index (χ1n) is 12.1. The van der Waals surface area contributed by atoms with Crippen molar-refractivity contribution in [2.45, 2.75) is 79.2 Å². The van der Waals surface area contributed by atoms with E-state index in [0.29, 0.717) is 0 Å². The zero-order valence-corrected chi connectivity index (χ0v) is 21.5. The van der Waals surface area contributed by atoms with Gasteiger partial charge in [0.05, 0.1) is 6.61 Å². The van der Waals surface area contributed by atoms with Crippen molar-refractivity contribution in [3.05, 3.63) is 94.6 Å². The van der Waals surface area contributed by atoms with Gasteiger partial charge in [-0.25, -0.2) is 0 Å². The maximum Gasteiger partial charge on any atom is 0.107 e. The highest BCUT2D eigenvalue weighted by molar-refractivity contribution is 5.68. The van der Waals surface area contributed by atoms with Gasteiger partial charge in [0.15, 0.2) is 0 Å². The van der Waals surface area contributed by atoms with Gasteiger partial charge < -0.3 is 4.74 Å². The zero-order valence-electron chi connectivity index (χ0n) is 21.5. The molecule has 0 aliphatic carbocycles. The first-order valence-corrected chi connectivity index (χ1v) is 12.1. The summed E-state index contributed by atoms with van der Waals surface area (Å²) in [5, 5.41) is 0. The lowest BCUT2D eigenvalue weighted by Crippen LogP contribution is -2.26. The van der Waals surface area contributed by atoms with E-state index in [-0.39, 0.29) is 11.0 Å². The average Bonchev–Trinajstić information content (AvgIpc) is 3.53. The van der Waals surface area contributed by atoms with Crippen molar-refractivity contribution in [2.75, 3.05) is 6.61 Å². The minimum Gasteiger partial charge on any atom is -0.365 e. The highest BCUT2D eigenvalue weighted by Gasteiger charge is 2.36. The number of ether oxygens (including phenoxy) is 1. The van der Waals surface area contributed by atoms with E-state index in [1.165, 1.54) is 39.0 Å². The van der Waals surface area contributed by atoms with Gasteiger partial charge in [-0.3, -0.25) is 0 Å². The molecule has 1 nitrogen and oxygen atoms in total. The van der Waals surface area contributed by atoms with Crippen LogP contribution in [0.15, 0.2) is 61.2 Å². The molecule has 0 amide bonds. The van der Waals surface area contributed by atoms with Crippen LogP contribution in [0, 0.1) is 13.8 Å². The van der Waals surface area contributed by atoms with E-state index in [2.05, 4.69) is 103 Å². The van der Waals surface area contributed by atoms with Gasteiger partial charge in [0.25, 0.3) is 0 Å². The Morgan fingerprint density at radius 3 is 2.06 bits per heavy atom. The minimum atomic E-state index is -0.0564. The molecule has 0 N–H and O–H groups in total. The Morgan fingerprint density at radius 2 is 1.59 bits per heavy atom. The molecule has 172 valence electrons. The molecule has 1 heterocycles. The molecule has 1 fully saturated rings. The van der Waals surface area contributed by atoms with Crippen LogP contribution < -0.4 is 0 Å². The summed E-state index contributed by atoms with van der Waals surface area (Å²) in [5.41, 5.74) is 9.24. The number of hydrogen-bond donors (Lipinski definition) is 0. The smallest absolute Gasteiger partial charge is 0.107 e. The van der Waals surface area contributed by atoms with E-state index in [0.717, 1.165) is 19.4 Å². The molecule has 1 aliphatic rings. The van der Waals surface area contributed by atoms with Gasteiger partial charge in [-0.15, -0.1) is 0 Å². The fourth-order valence-electron chi connectivity index (χ4n) is 4.54. The SMILES string of the molecule is C=C/C=C(\C)c1ccc(C(CC)(CC)c2ccc(/C=C/C3(C)CO3)c(C)c2)cc1C.CC. The Balaban J connectivity index is 0.00000176. The minimum absolute atomic E-state index is 0.0257. The number of hydrogen-bond acceptors (Lipinski definition) is 1. The van der Waals surface area contributed by atoms with Crippen molar-refractivity contribution in [1.29, 1.82) is 0 Å². The molecule has 3 rings (SSSR count). The second-order valence-corrected chi connectivity index (χ2v) is 8.91. The zero-order chi connectivity index (χ0) is 23.9. The van der Waals surface area contributed by atoms with Gasteiger partial charge in [0, 0.05) is 5.41 Å². The largest absolute Gasteiger partial charge is 0.365 e. The molecule has 1 heteroatoms. The number of rotatable bonds is 8. The van der Waals surface area contributed by atoms with Crippen LogP contribution in [0.5, 0.6) is 0 Å². The maximum atomic E-state index is 5.48. The number of benzene rings is 2. The van der Waals surface area contributed by atoms with Crippen molar-refractivity contribution in [3.8, 4) is 0 Å². The highest BCUT2D eigenvalue weighted by Crippen LogP contribution is 2.41. The number of aryl methyl sites for hydroxylation is 2. The third-order valence-corrected chi connectivity index (χ3v) is 6.82. The Kier molecular flexibility index (Phi) is 8.87. The van der Waals surface area contributed by atoms with E-state index >= 15 is 0 Å². The van der Waals surface area contributed by atoms with Crippen LogP contribution >= 0.6 is 0 Å². The molecular formula is C31H42O. The predicted molar refractivity (Wildman–Crippen MR) is 142 cm³/mol. The van der Waals surface area contributed by atoms with E-state index in [1.807, 2.05) is 19.9 Å². The second kappa shape index (κ2) is 11.0. The van der Waals surface area contributed by atoms with E-state index in [9.17, 15) is 0 Å². The third kappa shape index (κ3) is 5.51. The quantitative estimate of drug-likeness (QED) is 0.301. The first kappa shape index (κ1) is 25.9. The molecular weight excluding hydrogens is 388 g/mol. The fourth-order valence-corrected chi connectivity index (χ4v) is 4.54. The Hall–Kier alpha value is -2.38. The predicted octanol–water partition coefficient (Wildman–Crippen LogP) is 8.83. The van der Waals surface area contributed by atoms with E-state index < -0.39 is 0 Å². The standard InChI is InChI=1S/C29H36O.C2H6/c1-8-11-21(4)27-15-14-26(19-23(27)6)29(9-2,10-3)25-13-12-24(22(5)18-25)16-17-28(7)20-30-28;1-2/h8,11-19H,1,9-10,20H2,2-7H3;1-2H3/b17-16+,21-11+;. The number of epoxide rings is 1. The Labute approximate surface area is 196 Å². The lowest BCUT2D eigenvalue weighted by molar-refractivity contribution is 0.370.